The largest absolute Gasteiger partial charge is 0.351 e. The van der Waals surface area contributed by atoms with E-state index in [2.05, 4.69) is 56.5 Å². The number of benzene rings is 1. The van der Waals surface area contributed by atoms with Crippen molar-refractivity contribution in [1.82, 2.24) is 10.6 Å². The maximum atomic E-state index is 12.3. The minimum Gasteiger partial charge on any atom is -0.351 e. The first-order chi connectivity index (χ1) is 9.47. The number of halogens is 1. The molecule has 3 unspecified atom stereocenters. The lowest BCUT2D eigenvalue weighted by Gasteiger charge is -2.36. The van der Waals surface area contributed by atoms with E-state index in [4.69, 9.17) is 0 Å². The second kappa shape index (κ2) is 7.81. The van der Waals surface area contributed by atoms with E-state index in [0.29, 0.717) is 18.4 Å². The second-order valence-corrected chi connectivity index (χ2v) is 6.21. The second-order valence-electron chi connectivity index (χ2n) is 6.21. The summed E-state index contributed by atoms with van der Waals surface area (Å²) < 4.78 is 0. The summed E-state index contributed by atoms with van der Waals surface area (Å²) in [6, 6.07) is 6.88. The Morgan fingerprint density at radius 2 is 2.05 bits per heavy atom. The van der Waals surface area contributed by atoms with E-state index in [0.717, 1.165) is 18.5 Å². The average Bonchev–Trinajstić information content (AvgIpc) is 2.38. The zero-order valence-corrected chi connectivity index (χ0v) is 14.2. The Morgan fingerprint density at radius 1 is 1.33 bits per heavy atom. The average molecular weight is 311 g/mol. The standard InChI is InChI=1S/C17H26N2O.ClH/c1-11-5-6-12(2)15(9-11)10-16(20)19-17-13(3)7-8-18-14(17)4;/h5-6,9,13-14,17-18H,7-8,10H2,1-4H3,(H,19,20);1H. The highest BCUT2D eigenvalue weighted by atomic mass is 35.5. The first-order valence-electron chi connectivity index (χ1n) is 7.56. The molecular weight excluding hydrogens is 284 g/mol. The lowest BCUT2D eigenvalue weighted by molar-refractivity contribution is -0.121. The number of aryl methyl sites for hydroxylation is 2. The van der Waals surface area contributed by atoms with E-state index in [-0.39, 0.29) is 24.4 Å². The molecule has 1 aromatic carbocycles. The minimum atomic E-state index is 0. The molecule has 2 N–H and O–H groups in total. The number of piperidine rings is 1. The molecule has 0 saturated carbocycles. The summed E-state index contributed by atoms with van der Waals surface area (Å²) in [6.07, 6.45) is 1.60. The summed E-state index contributed by atoms with van der Waals surface area (Å²) in [4.78, 5) is 12.3. The Balaban J connectivity index is 0.00000220. The van der Waals surface area contributed by atoms with Crippen molar-refractivity contribution < 1.29 is 4.79 Å². The van der Waals surface area contributed by atoms with Gasteiger partial charge in [-0.1, -0.05) is 30.7 Å². The molecule has 1 heterocycles. The molecule has 3 atom stereocenters. The summed E-state index contributed by atoms with van der Waals surface area (Å²) in [5.74, 6) is 0.667. The maximum absolute atomic E-state index is 12.3. The van der Waals surface area contributed by atoms with Gasteiger partial charge in [0, 0.05) is 12.1 Å². The van der Waals surface area contributed by atoms with Gasteiger partial charge >= 0.3 is 0 Å². The highest BCUT2D eigenvalue weighted by molar-refractivity contribution is 5.85. The van der Waals surface area contributed by atoms with Gasteiger partial charge in [0.05, 0.1) is 6.42 Å². The molecule has 0 bridgehead atoms. The van der Waals surface area contributed by atoms with Crippen LogP contribution in [0, 0.1) is 19.8 Å². The molecule has 118 valence electrons. The zero-order chi connectivity index (χ0) is 14.7. The molecule has 1 aliphatic heterocycles. The third-order valence-electron chi connectivity index (χ3n) is 4.40. The fourth-order valence-corrected chi connectivity index (χ4v) is 3.01. The molecule has 1 aromatic rings. The van der Waals surface area contributed by atoms with Crippen LogP contribution >= 0.6 is 12.4 Å². The number of rotatable bonds is 3. The Morgan fingerprint density at radius 3 is 2.71 bits per heavy atom. The predicted molar refractivity (Wildman–Crippen MR) is 90.0 cm³/mol. The Labute approximate surface area is 134 Å². The monoisotopic (exact) mass is 310 g/mol. The van der Waals surface area contributed by atoms with E-state index >= 15 is 0 Å². The molecule has 0 radical (unpaired) electrons. The highest BCUT2D eigenvalue weighted by Crippen LogP contribution is 2.17. The number of nitrogens with one attached hydrogen (secondary N) is 2. The van der Waals surface area contributed by atoms with E-state index < -0.39 is 0 Å². The van der Waals surface area contributed by atoms with Crippen LogP contribution in [0.3, 0.4) is 0 Å². The maximum Gasteiger partial charge on any atom is 0.224 e. The molecule has 0 aliphatic carbocycles. The fourth-order valence-electron chi connectivity index (χ4n) is 3.01. The van der Waals surface area contributed by atoms with Crippen LogP contribution in [0.1, 0.15) is 37.0 Å². The predicted octanol–water partition coefficient (Wildman–Crippen LogP) is 2.77. The molecule has 0 aromatic heterocycles. The number of carbonyl (C=O) groups is 1. The molecule has 4 heteroatoms. The molecule has 21 heavy (non-hydrogen) atoms. The lowest BCUT2D eigenvalue weighted by atomic mass is 9.89. The summed E-state index contributed by atoms with van der Waals surface area (Å²) in [6.45, 7) is 9.55. The molecular formula is C17H27ClN2O. The number of carbonyl (C=O) groups excluding carboxylic acids is 1. The smallest absolute Gasteiger partial charge is 0.224 e. The summed E-state index contributed by atoms with van der Waals surface area (Å²) in [5, 5.41) is 6.65. The molecule has 3 nitrogen and oxygen atoms in total. The first kappa shape index (κ1) is 18.0. The molecule has 1 saturated heterocycles. The molecule has 0 spiro atoms. The van der Waals surface area contributed by atoms with Gasteiger partial charge in [0.1, 0.15) is 0 Å². The third-order valence-corrected chi connectivity index (χ3v) is 4.40. The highest BCUT2D eigenvalue weighted by Gasteiger charge is 2.28. The van der Waals surface area contributed by atoms with Crippen LogP contribution < -0.4 is 10.6 Å². The first-order valence-corrected chi connectivity index (χ1v) is 7.56. The van der Waals surface area contributed by atoms with E-state index in [1.807, 2.05) is 0 Å². The van der Waals surface area contributed by atoms with E-state index in [1.54, 1.807) is 0 Å². The van der Waals surface area contributed by atoms with Gasteiger partial charge < -0.3 is 10.6 Å². The van der Waals surface area contributed by atoms with E-state index in [1.165, 1.54) is 11.1 Å². The van der Waals surface area contributed by atoms with Crippen LogP contribution in [-0.2, 0) is 11.2 Å². The van der Waals surface area contributed by atoms with Crippen molar-refractivity contribution in [2.75, 3.05) is 6.54 Å². The van der Waals surface area contributed by atoms with Crippen LogP contribution in [-0.4, -0.2) is 24.5 Å². The van der Waals surface area contributed by atoms with Crippen LogP contribution in [0.25, 0.3) is 0 Å². The van der Waals surface area contributed by atoms with Crippen molar-refractivity contribution in [1.29, 1.82) is 0 Å². The van der Waals surface area contributed by atoms with Crippen molar-refractivity contribution in [3.8, 4) is 0 Å². The van der Waals surface area contributed by atoms with Crippen molar-refractivity contribution in [3.05, 3.63) is 34.9 Å². The van der Waals surface area contributed by atoms with Gasteiger partial charge in [0.15, 0.2) is 0 Å². The molecule has 2 rings (SSSR count). The van der Waals surface area contributed by atoms with Crippen LogP contribution in [0.4, 0.5) is 0 Å². The molecule has 1 aliphatic rings. The van der Waals surface area contributed by atoms with Crippen LogP contribution in [0.5, 0.6) is 0 Å². The Bertz CT molecular complexity index is 480. The number of hydrogen-bond donors (Lipinski definition) is 2. The van der Waals surface area contributed by atoms with Gasteiger partial charge in [-0.2, -0.15) is 0 Å². The lowest BCUT2D eigenvalue weighted by Crippen LogP contribution is -2.56. The summed E-state index contributed by atoms with van der Waals surface area (Å²) in [7, 11) is 0. The van der Waals surface area contributed by atoms with Gasteiger partial charge in [-0.15, -0.1) is 12.4 Å². The molecule has 1 amide bonds. The molecule has 1 fully saturated rings. The van der Waals surface area contributed by atoms with Crippen LogP contribution in [0.15, 0.2) is 18.2 Å². The van der Waals surface area contributed by atoms with Crippen molar-refractivity contribution in [3.63, 3.8) is 0 Å². The summed E-state index contributed by atoms with van der Waals surface area (Å²) >= 11 is 0. The van der Waals surface area contributed by atoms with Gasteiger partial charge in [0.25, 0.3) is 0 Å². The van der Waals surface area contributed by atoms with Crippen LogP contribution in [0.2, 0.25) is 0 Å². The SMILES string of the molecule is Cc1ccc(C)c(CC(=O)NC2C(C)CCNC2C)c1.Cl. The zero-order valence-electron chi connectivity index (χ0n) is 13.4. The quantitative estimate of drug-likeness (QED) is 0.901. The van der Waals surface area contributed by atoms with Crippen molar-refractivity contribution >= 4 is 18.3 Å². The number of hydrogen-bond acceptors (Lipinski definition) is 2. The Hall–Kier alpha value is -1.06. The normalized spacial score (nSPS) is 25.0. The topological polar surface area (TPSA) is 41.1 Å². The third kappa shape index (κ3) is 4.72. The van der Waals surface area contributed by atoms with Gasteiger partial charge in [-0.05, 0) is 50.8 Å². The number of amides is 1. The fraction of sp³-hybridized carbons (Fsp3) is 0.588. The Kier molecular flexibility index (Phi) is 6.69. The van der Waals surface area contributed by atoms with Gasteiger partial charge in [-0.25, -0.2) is 0 Å². The van der Waals surface area contributed by atoms with Gasteiger partial charge in [0.2, 0.25) is 5.91 Å². The van der Waals surface area contributed by atoms with E-state index in [9.17, 15) is 4.79 Å². The van der Waals surface area contributed by atoms with Crippen molar-refractivity contribution in [2.24, 2.45) is 5.92 Å². The summed E-state index contributed by atoms with van der Waals surface area (Å²) in [5.41, 5.74) is 3.53. The van der Waals surface area contributed by atoms with Crippen molar-refractivity contribution in [2.45, 2.75) is 52.6 Å². The minimum absolute atomic E-state index is 0. The van der Waals surface area contributed by atoms with Gasteiger partial charge in [-0.3, -0.25) is 4.79 Å².